The molecule has 32 heavy (non-hydrogen) atoms. The summed E-state index contributed by atoms with van der Waals surface area (Å²) in [7, 11) is -0.991. The second-order valence-electron chi connectivity index (χ2n) is 6.87. The van der Waals surface area contributed by atoms with E-state index in [4.69, 9.17) is 21.1 Å². The first-order valence-corrected chi connectivity index (χ1v) is 11.5. The molecule has 0 spiro atoms. The molecule has 0 bridgehead atoms. The molecule has 168 valence electrons. The number of amides is 1. The number of carbonyl (C=O) groups is 1. The van der Waals surface area contributed by atoms with Crippen molar-refractivity contribution in [3.63, 3.8) is 0 Å². The number of hydrogen-bond acceptors (Lipinski definition) is 5. The van der Waals surface area contributed by atoms with Gasteiger partial charge in [-0.05, 0) is 48.4 Å². The van der Waals surface area contributed by atoms with Crippen LogP contribution in [-0.4, -0.2) is 34.6 Å². The van der Waals surface area contributed by atoms with Gasteiger partial charge in [-0.1, -0.05) is 41.9 Å². The molecular formula is C23H23ClN2O5S. The SMILES string of the molecule is COc1ccc(NC(=O)C(Cc2ccccc2)NS(=O)(=O)c2ccc(Cl)cc2)c(OC)c1. The summed E-state index contributed by atoms with van der Waals surface area (Å²) < 4.78 is 38.9. The molecule has 1 amide bonds. The van der Waals surface area contributed by atoms with Crippen LogP contribution in [0.4, 0.5) is 5.69 Å². The highest BCUT2D eigenvalue weighted by atomic mass is 35.5. The van der Waals surface area contributed by atoms with Gasteiger partial charge in [0.1, 0.15) is 17.5 Å². The van der Waals surface area contributed by atoms with Crippen molar-refractivity contribution in [3.05, 3.63) is 83.4 Å². The highest BCUT2D eigenvalue weighted by Crippen LogP contribution is 2.29. The van der Waals surface area contributed by atoms with Crippen LogP contribution in [-0.2, 0) is 21.2 Å². The average Bonchev–Trinajstić information content (AvgIpc) is 2.79. The molecule has 9 heteroatoms. The van der Waals surface area contributed by atoms with E-state index < -0.39 is 22.0 Å². The van der Waals surface area contributed by atoms with Crippen LogP contribution in [0, 0.1) is 0 Å². The first-order chi connectivity index (χ1) is 15.3. The minimum Gasteiger partial charge on any atom is -0.497 e. The van der Waals surface area contributed by atoms with Gasteiger partial charge in [-0.2, -0.15) is 4.72 Å². The normalized spacial score (nSPS) is 12.1. The number of halogens is 1. The van der Waals surface area contributed by atoms with Gasteiger partial charge < -0.3 is 14.8 Å². The summed E-state index contributed by atoms with van der Waals surface area (Å²) in [5, 5.41) is 3.16. The number of hydrogen-bond donors (Lipinski definition) is 2. The van der Waals surface area contributed by atoms with Crippen molar-refractivity contribution >= 4 is 33.2 Å². The summed E-state index contributed by atoms with van der Waals surface area (Å²) in [6.45, 7) is 0. The summed E-state index contributed by atoms with van der Waals surface area (Å²) in [5.74, 6) is 0.413. The number of methoxy groups -OCH3 is 2. The Hall–Kier alpha value is -3.07. The lowest BCUT2D eigenvalue weighted by molar-refractivity contribution is -0.117. The van der Waals surface area contributed by atoms with Crippen molar-refractivity contribution in [3.8, 4) is 11.5 Å². The fourth-order valence-corrected chi connectivity index (χ4v) is 4.35. The Bertz CT molecular complexity index is 1170. The molecule has 0 radical (unpaired) electrons. The topological polar surface area (TPSA) is 93.7 Å². The van der Waals surface area contributed by atoms with E-state index in [1.807, 2.05) is 30.3 Å². The summed E-state index contributed by atoms with van der Waals surface area (Å²) in [4.78, 5) is 13.2. The maximum absolute atomic E-state index is 13.2. The zero-order valence-electron chi connectivity index (χ0n) is 17.5. The molecule has 0 aromatic heterocycles. The molecule has 0 heterocycles. The molecule has 0 saturated heterocycles. The van der Waals surface area contributed by atoms with Crippen LogP contribution in [0.15, 0.2) is 77.7 Å². The monoisotopic (exact) mass is 474 g/mol. The van der Waals surface area contributed by atoms with E-state index in [1.165, 1.54) is 38.5 Å². The van der Waals surface area contributed by atoms with Gasteiger partial charge in [0, 0.05) is 11.1 Å². The smallest absolute Gasteiger partial charge is 0.243 e. The van der Waals surface area contributed by atoms with Crippen molar-refractivity contribution in [2.75, 3.05) is 19.5 Å². The Morgan fingerprint density at radius 1 is 0.969 bits per heavy atom. The van der Waals surface area contributed by atoms with Gasteiger partial charge in [0.25, 0.3) is 0 Å². The second kappa shape index (κ2) is 10.5. The lowest BCUT2D eigenvalue weighted by atomic mass is 10.1. The van der Waals surface area contributed by atoms with Crippen LogP contribution in [0.1, 0.15) is 5.56 Å². The molecule has 0 aliphatic carbocycles. The van der Waals surface area contributed by atoms with Crippen molar-refractivity contribution in [1.29, 1.82) is 0 Å². The minimum absolute atomic E-state index is 0.00906. The molecule has 1 atom stereocenters. The zero-order chi connectivity index (χ0) is 23.1. The van der Waals surface area contributed by atoms with Crippen LogP contribution < -0.4 is 19.5 Å². The van der Waals surface area contributed by atoms with E-state index >= 15 is 0 Å². The Morgan fingerprint density at radius 3 is 2.28 bits per heavy atom. The molecule has 1 unspecified atom stereocenters. The number of carbonyl (C=O) groups excluding carboxylic acids is 1. The van der Waals surface area contributed by atoms with Crippen molar-refractivity contribution in [2.45, 2.75) is 17.4 Å². The third kappa shape index (κ3) is 6.00. The number of rotatable bonds is 9. The number of ether oxygens (including phenoxy) is 2. The lowest BCUT2D eigenvalue weighted by Gasteiger charge is -2.20. The van der Waals surface area contributed by atoms with Crippen LogP contribution in [0.2, 0.25) is 5.02 Å². The average molecular weight is 475 g/mol. The summed E-state index contributed by atoms with van der Waals surface area (Å²) in [6.07, 6.45) is 0.151. The van der Waals surface area contributed by atoms with E-state index in [0.717, 1.165) is 5.56 Å². The van der Waals surface area contributed by atoms with Crippen LogP contribution in [0.5, 0.6) is 11.5 Å². The predicted molar refractivity (Wildman–Crippen MR) is 124 cm³/mol. The Balaban J connectivity index is 1.88. The second-order valence-corrected chi connectivity index (χ2v) is 9.02. The molecule has 3 rings (SSSR count). The largest absolute Gasteiger partial charge is 0.497 e. The van der Waals surface area contributed by atoms with E-state index in [1.54, 1.807) is 18.2 Å². The number of benzene rings is 3. The van der Waals surface area contributed by atoms with Crippen LogP contribution >= 0.6 is 11.6 Å². The van der Waals surface area contributed by atoms with Crippen molar-refractivity contribution < 1.29 is 22.7 Å². The molecule has 3 aromatic rings. The van der Waals surface area contributed by atoms with Crippen molar-refractivity contribution in [1.82, 2.24) is 4.72 Å². The standard InChI is InChI=1S/C23H23ClN2O5S/c1-30-18-10-13-20(22(15-18)31-2)25-23(27)21(14-16-6-4-3-5-7-16)26-32(28,29)19-11-8-17(24)9-12-19/h3-13,15,21,26H,14H2,1-2H3,(H,25,27). The van der Waals surface area contributed by atoms with Gasteiger partial charge >= 0.3 is 0 Å². The molecule has 2 N–H and O–H groups in total. The van der Waals surface area contributed by atoms with Gasteiger partial charge in [-0.25, -0.2) is 8.42 Å². The van der Waals surface area contributed by atoms with Gasteiger partial charge in [0.15, 0.2) is 0 Å². The highest BCUT2D eigenvalue weighted by molar-refractivity contribution is 7.89. The molecule has 0 aliphatic heterocycles. The minimum atomic E-state index is -3.98. The predicted octanol–water partition coefficient (Wildman–Crippen LogP) is 3.89. The first-order valence-electron chi connectivity index (χ1n) is 9.67. The van der Waals surface area contributed by atoms with Crippen molar-refractivity contribution in [2.24, 2.45) is 0 Å². The Kier molecular flexibility index (Phi) is 7.74. The fraction of sp³-hybridized carbons (Fsp3) is 0.174. The van der Waals surface area contributed by atoms with Gasteiger partial charge in [-0.15, -0.1) is 0 Å². The molecule has 3 aromatic carbocycles. The molecule has 7 nitrogen and oxygen atoms in total. The Morgan fingerprint density at radius 2 is 1.66 bits per heavy atom. The summed E-state index contributed by atoms with van der Waals surface area (Å²) >= 11 is 5.87. The Labute approximate surface area is 192 Å². The number of anilines is 1. The third-order valence-corrected chi connectivity index (χ3v) is 6.43. The molecular weight excluding hydrogens is 452 g/mol. The maximum atomic E-state index is 13.2. The van der Waals surface area contributed by atoms with Gasteiger partial charge in [0.05, 0.1) is 24.8 Å². The van der Waals surface area contributed by atoms with Gasteiger partial charge in [0.2, 0.25) is 15.9 Å². The van der Waals surface area contributed by atoms with Crippen LogP contribution in [0.25, 0.3) is 0 Å². The molecule has 0 aliphatic rings. The molecule has 0 fully saturated rings. The fourth-order valence-electron chi connectivity index (χ4n) is 3.03. The quantitative estimate of drug-likeness (QED) is 0.490. The van der Waals surface area contributed by atoms with E-state index in [0.29, 0.717) is 22.2 Å². The molecule has 0 saturated carbocycles. The summed E-state index contributed by atoms with van der Waals surface area (Å²) in [6, 6.07) is 18.7. The summed E-state index contributed by atoms with van der Waals surface area (Å²) in [5.41, 5.74) is 1.19. The van der Waals surface area contributed by atoms with Crippen LogP contribution in [0.3, 0.4) is 0 Å². The zero-order valence-corrected chi connectivity index (χ0v) is 19.1. The van der Waals surface area contributed by atoms with E-state index in [2.05, 4.69) is 10.0 Å². The third-order valence-electron chi connectivity index (χ3n) is 4.69. The lowest BCUT2D eigenvalue weighted by Crippen LogP contribution is -2.45. The number of sulfonamides is 1. The van der Waals surface area contributed by atoms with E-state index in [-0.39, 0.29) is 11.3 Å². The van der Waals surface area contributed by atoms with Gasteiger partial charge in [-0.3, -0.25) is 4.79 Å². The first kappa shape index (κ1) is 23.6. The highest BCUT2D eigenvalue weighted by Gasteiger charge is 2.27. The maximum Gasteiger partial charge on any atom is 0.243 e. The number of nitrogens with one attached hydrogen (secondary N) is 2. The van der Waals surface area contributed by atoms with E-state index in [9.17, 15) is 13.2 Å².